The fraction of sp³-hybridized carbons (Fsp3) is 0.750. The van der Waals surface area contributed by atoms with Gasteiger partial charge in [-0.1, -0.05) is 33.1 Å². The predicted octanol–water partition coefficient (Wildman–Crippen LogP) is 2.56. The molecule has 1 heterocycles. The Kier molecular flexibility index (Phi) is 5.40. The van der Waals surface area contributed by atoms with E-state index in [4.69, 9.17) is 5.73 Å². The van der Waals surface area contributed by atoms with Crippen molar-refractivity contribution in [1.29, 1.82) is 0 Å². The molecule has 0 aliphatic heterocycles. The van der Waals surface area contributed by atoms with Crippen LogP contribution in [-0.2, 0) is 13.1 Å². The van der Waals surface area contributed by atoms with Crippen LogP contribution in [0, 0.1) is 5.92 Å². The normalized spacial score (nSPS) is 13.0. The van der Waals surface area contributed by atoms with Crippen LogP contribution in [0.2, 0.25) is 0 Å². The summed E-state index contributed by atoms with van der Waals surface area (Å²) in [5.74, 6) is 0.768. The Morgan fingerprint density at radius 2 is 2.27 bits per heavy atom. The lowest BCUT2D eigenvalue weighted by Gasteiger charge is -2.16. The van der Waals surface area contributed by atoms with Gasteiger partial charge >= 0.3 is 0 Å². The molecule has 0 bridgehead atoms. The summed E-state index contributed by atoms with van der Waals surface area (Å²) in [6.45, 7) is 6.17. The van der Waals surface area contributed by atoms with E-state index in [1.807, 2.05) is 12.5 Å². The summed E-state index contributed by atoms with van der Waals surface area (Å²) >= 11 is 0. The first-order valence-corrected chi connectivity index (χ1v) is 6.00. The summed E-state index contributed by atoms with van der Waals surface area (Å²) in [4.78, 5) is 4.14. The molecule has 0 saturated heterocycles. The zero-order valence-corrected chi connectivity index (χ0v) is 9.95. The molecule has 86 valence electrons. The second-order valence-corrected chi connectivity index (χ2v) is 4.16. The molecule has 0 aliphatic rings. The minimum Gasteiger partial charge on any atom is -0.333 e. The van der Waals surface area contributed by atoms with Crippen molar-refractivity contribution in [3.05, 3.63) is 18.2 Å². The van der Waals surface area contributed by atoms with Gasteiger partial charge in [-0.25, -0.2) is 4.98 Å². The summed E-state index contributed by atoms with van der Waals surface area (Å²) in [6.07, 6.45) is 8.93. The molecule has 1 atom stereocenters. The third-order valence-electron chi connectivity index (χ3n) is 3.01. The SMILES string of the molecule is CCCCC(CC)Cn1cncc1CN. The molecule has 0 aromatic carbocycles. The van der Waals surface area contributed by atoms with E-state index < -0.39 is 0 Å². The lowest BCUT2D eigenvalue weighted by atomic mass is 9.99. The van der Waals surface area contributed by atoms with Crippen LogP contribution in [0.5, 0.6) is 0 Å². The van der Waals surface area contributed by atoms with Crippen molar-refractivity contribution in [2.75, 3.05) is 0 Å². The number of nitrogens with zero attached hydrogens (tertiary/aromatic N) is 2. The van der Waals surface area contributed by atoms with E-state index in [0.29, 0.717) is 6.54 Å². The molecule has 2 N–H and O–H groups in total. The van der Waals surface area contributed by atoms with Crippen LogP contribution in [0.15, 0.2) is 12.5 Å². The Balaban J connectivity index is 2.50. The molecule has 0 spiro atoms. The maximum absolute atomic E-state index is 5.65. The van der Waals surface area contributed by atoms with Gasteiger partial charge in [-0.15, -0.1) is 0 Å². The molecular formula is C12H23N3. The quantitative estimate of drug-likeness (QED) is 0.750. The van der Waals surface area contributed by atoms with Gasteiger partial charge in [0.2, 0.25) is 0 Å². The Morgan fingerprint density at radius 1 is 1.47 bits per heavy atom. The van der Waals surface area contributed by atoms with Gasteiger partial charge in [-0.05, 0) is 12.3 Å². The molecule has 1 aromatic heterocycles. The van der Waals surface area contributed by atoms with Crippen LogP contribution in [0.3, 0.4) is 0 Å². The highest BCUT2D eigenvalue weighted by molar-refractivity contribution is 4.97. The van der Waals surface area contributed by atoms with E-state index in [1.165, 1.54) is 25.7 Å². The van der Waals surface area contributed by atoms with Crippen LogP contribution in [0.25, 0.3) is 0 Å². The van der Waals surface area contributed by atoms with Crippen molar-refractivity contribution < 1.29 is 0 Å². The predicted molar refractivity (Wildman–Crippen MR) is 63.4 cm³/mol. The van der Waals surface area contributed by atoms with Crippen molar-refractivity contribution in [2.24, 2.45) is 11.7 Å². The van der Waals surface area contributed by atoms with Gasteiger partial charge in [-0.2, -0.15) is 0 Å². The van der Waals surface area contributed by atoms with Crippen molar-refractivity contribution in [1.82, 2.24) is 9.55 Å². The Labute approximate surface area is 92.7 Å². The lowest BCUT2D eigenvalue weighted by Crippen LogP contribution is -2.13. The fourth-order valence-corrected chi connectivity index (χ4v) is 1.88. The van der Waals surface area contributed by atoms with E-state index in [1.54, 1.807) is 0 Å². The number of hydrogen-bond acceptors (Lipinski definition) is 2. The first-order chi connectivity index (χ1) is 7.31. The second-order valence-electron chi connectivity index (χ2n) is 4.16. The maximum Gasteiger partial charge on any atom is 0.0948 e. The van der Waals surface area contributed by atoms with Gasteiger partial charge in [0.15, 0.2) is 0 Å². The van der Waals surface area contributed by atoms with E-state index in [9.17, 15) is 0 Å². The number of nitrogens with two attached hydrogens (primary N) is 1. The Hall–Kier alpha value is -0.830. The van der Waals surface area contributed by atoms with Gasteiger partial charge in [-0.3, -0.25) is 0 Å². The summed E-state index contributed by atoms with van der Waals surface area (Å²) < 4.78 is 2.20. The second kappa shape index (κ2) is 6.62. The summed E-state index contributed by atoms with van der Waals surface area (Å²) in [5, 5.41) is 0. The monoisotopic (exact) mass is 209 g/mol. The maximum atomic E-state index is 5.65. The number of aromatic nitrogens is 2. The molecule has 3 heteroatoms. The summed E-state index contributed by atoms with van der Waals surface area (Å²) in [7, 11) is 0. The fourth-order valence-electron chi connectivity index (χ4n) is 1.88. The summed E-state index contributed by atoms with van der Waals surface area (Å²) in [6, 6.07) is 0. The minimum absolute atomic E-state index is 0.588. The zero-order valence-electron chi connectivity index (χ0n) is 9.95. The van der Waals surface area contributed by atoms with Gasteiger partial charge in [0.25, 0.3) is 0 Å². The molecule has 0 aliphatic carbocycles. The Bertz CT molecular complexity index is 268. The topological polar surface area (TPSA) is 43.8 Å². The van der Waals surface area contributed by atoms with Crippen molar-refractivity contribution >= 4 is 0 Å². The lowest BCUT2D eigenvalue weighted by molar-refractivity contribution is 0.385. The highest BCUT2D eigenvalue weighted by Crippen LogP contribution is 2.15. The first-order valence-electron chi connectivity index (χ1n) is 6.00. The van der Waals surface area contributed by atoms with Crippen molar-refractivity contribution in [2.45, 2.75) is 52.6 Å². The van der Waals surface area contributed by atoms with Crippen LogP contribution in [-0.4, -0.2) is 9.55 Å². The standard InChI is InChI=1S/C12H23N3/c1-3-5-6-11(4-2)9-15-10-14-8-12(15)7-13/h8,10-11H,3-7,9,13H2,1-2H3. The van der Waals surface area contributed by atoms with Gasteiger partial charge in [0.1, 0.15) is 0 Å². The largest absolute Gasteiger partial charge is 0.333 e. The minimum atomic E-state index is 0.588. The number of imidazole rings is 1. The molecule has 1 unspecified atom stereocenters. The molecule has 0 saturated carbocycles. The molecular weight excluding hydrogens is 186 g/mol. The molecule has 0 radical (unpaired) electrons. The van der Waals surface area contributed by atoms with Crippen LogP contribution < -0.4 is 5.73 Å². The summed E-state index contributed by atoms with van der Waals surface area (Å²) in [5.41, 5.74) is 6.80. The zero-order chi connectivity index (χ0) is 11.1. The number of hydrogen-bond donors (Lipinski definition) is 1. The smallest absolute Gasteiger partial charge is 0.0948 e. The first kappa shape index (κ1) is 12.2. The molecule has 3 nitrogen and oxygen atoms in total. The van der Waals surface area contributed by atoms with Crippen molar-refractivity contribution in [3.8, 4) is 0 Å². The van der Waals surface area contributed by atoms with Crippen LogP contribution in [0.1, 0.15) is 45.2 Å². The third kappa shape index (κ3) is 3.67. The molecule has 1 aromatic rings. The van der Waals surface area contributed by atoms with Crippen LogP contribution in [0.4, 0.5) is 0 Å². The molecule has 0 amide bonds. The number of unbranched alkanes of at least 4 members (excludes halogenated alkanes) is 1. The molecule has 0 fully saturated rings. The average molecular weight is 209 g/mol. The van der Waals surface area contributed by atoms with Gasteiger partial charge < -0.3 is 10.3 Å². The van der Waals surface area contributed by atoms with E-state index >= 15 is 0 Å². The molecule has 15 heavy (non-hydrogen) atoms. The van der Waals surface area contributed by atoms with E-state index in [-0.39, 0.29) is 0 Å². The van der Waals surface area contributed by atoms with Crippen LogP contribution >= 0.6 is 0 Å². The van der Waals surface area contributed by atoms with Gasteiger partial charge in [0, 0.05) is 19.3 Å². The number of rotatable bonds is 7. The Morgan fingerprint density at radius 3 is 2.87 bits per heavy atom. The van der Waals surface area contributed by atoms with Gasteiger partial charge in [0.05, 0.1) is 12.0 Å². The van der Waals surface area contributed by atoms with E-state index in [2.05, 4.69) is 23.4 Å². The van der Waals surface area contributed by atoms with Crippen molar-refractivity contribution in [3.63, 3.8) is 0 Å². The highest BCUT2D eigenvalue weighted by Gasteiger charge is 2.08. The molecule has 1 rings (SSSR count). The third-order valence-corrected chi connectivity index (χ3v) is 3.01. The van der Waals surface area contributed by atoms with E-state index in [0.717, 1.165) is 18.2 Å². The highest BCUT2D eigenvalue weighted by atomic mass is 15.1. The average Bonchev–Trinajstić information content (AvgIpc) is 2.71.